The van der Waals surface area contributed by atoms with Crippen LogP contribution >= 0.6 is 11.8 Å². The van der Waals surface area contributed by atoms with Crippen molar-refractivity contribution in [2.45, 2.75) is 37.4 Å². The van der Waals surface area contributed by atoms with Crippen molar-refractivity contribution in [2.24, 2.45) is 4.99 Å². The average Bonchev–Trinajstić information content (AvgIpc) is 3.27. The van der Waals surface area contributed by atoms with Gasteiger partial charge in [0.2, 0.25) is 0 Å². The molecule has 2 aromatic carbocycles. The van der Waals surface area contributed by atoms with Crippen LogP contribution in [0.4, 0.5) is 5.69 Å². The smallest absolute Gasteiger partial charge is 0.171 e. The molecule has 1 saturated heterocycles. The Morgan fingerprint density at radius 1 is 1.23 bits per heavy atom. The van der Waals surface area contributed by atoms with Crippen molar-refractivity contribution in [3.05, 3.63) is 59.7 Å². The molecule has 30 heavy (non-hydrogen) atoms. The minimum atomic E-state index is 0.262. The highest BCUT2D eigenvalue weighted by atomic mass is 32.2. The number of hydrogen-bond acceptors (Lipinski definition) is 5. The van der Waals surface area contributed by atoms with Gasteiger partial charge in [0.15, 0.2) is 5.17 Å². The van der Waals surface area contributed by atoms with Gasteiger partial charge >= 0.3 is 0 Å². The van der Waals surface area contributed by atoms with Gasteiger partial charge in [-0.25, -0.2) is 9.98 Å². The van der Waals surface area contributed by atoms with Gasteiger partial charge in [0.1, 0.15) is 10.8 Å². The molecule has 1 unspecified atom stereocenters. The summed E-state index contributed by atoms with van der Waals surface area (Å²) in [6.07, 6.45) is 2.50. The number of ether oxygens (including phenoxy) is 2. The van der Waals surface area contributed by atoms with Crippen molar-refractivity contribution in [1.82, 2.24) is 9.88 Å². The molecule has 5 rings (SSSR count). The van der Waals surface area contributed by atoms with Crippen LogP contribution < -0.4 is 4.74 Å². The van der Waals surface area contributed by atoms with Crippen LogP contribution in [0, 0.1) is 6.92 Å². The highest BCUT2D eigenvalue weighted by molar-refractivity contribution is 8.13. The molecular weight excluding hydrogens is 394 g/mol. The third-order valence-electron chi connectivity index (χ3n) is 5.63. The molecule has 3 aromatic rings. The maximum atomic E-state index is 5.92. The number of pyridine rings is 1. The molecule has 0 amide bonds. The maximum Gasteiger partial charge on any atom is 0.171 e. The number of fused-ring (bicyclic) bond motifs is 2. The third-order valence-corrected chi connectivity index (χ3v) is 6.71. The number of para-hydroxylation sites is 1. The molecular formula is C24H25N3O2S. The number of benzene rings is 2. The van der Waals surface area contributed by atoms with Crippen molar-refractivity contribution in [2.75, 3.05) is 20.3 Å². The van der Waals surface area contributed by atoms with Crippen LogP contribution in [0.15, 0.2) is 58.5 Å². The summed E-state index contributed by atoms with van der Waals surface area (Å²) in [6, 6.07) is 16.5. The van der Waals surface area contributed by atoms with Gasteiger partial charge in [-0.15, -0.1) is 0 Å². The summed E-state index contributed by atoms with van der Waals surface area (Å²) in [7, 11) is 1.68. The second-order valence-corrected chi connectivity index (χ2v) is 8.77. The number of methoxy groups -OCH3 is 1. The van der Waals surface area contributed by atoms with Crippen molar-refractivity contribution in [1.29, 1.82) is 0 Å². The molecule has 2 aliphatic heterocycles. The van der Waals surface area contributed by atoms with Crippen LogP contribution in [0.5, 0.6) is 5.75 Å². The van der Waals surface area contributed by atoms with Gasteiger partial charge in [0.05, 0.1) is 24.4 Å². The molecule has 0 saturated carbocycles. The molecule has 0 bridgehead atoms. The molecule has 5 nitrogen and oxygen atoms in total. The fraction of sp³-hybridized carbons (Fsp3) is 0.333. The van der Waals surface area contributed by atoms with Gasteiger partial charge in [0.25, 0.3) is 0 Å². The van der Waals surface area contributed by atoms with Crippen LogP contribution in [0.3, 0.4) is 0 Å². The van der Waals surface area contributed by atoms with E-state index in [1.165, 1.54) is 16.5 Å². The predicted molar refractivity (Wildman–Crippen MR) is 122 cm³/mol. The van der Waals surface area contributed by atoms with Crippen LogP contribution in [0.25, 0.3) is 10.9 Å². The quantitative estimate of drug-likeness (QED) is 0.572. The minimum Gasteiger partial charge on any atom is -0.497 e. The van der Waals surface area contributed by atoms with E-state index in [2.05, 4.69) is 36.1 Å². The van der Waals surface area contributed by atoms with Crippen LogP contribution in [0.1, 0.15) is 24.0 Å². The summed E-state index contributed by atoms with van der Waals surface area (Å²) in [5.41, 5.74) is 4.40. The normalized spacial score (nSPS) is 20.0. The summed E-state index contributed by atoms with van der Waals surface area (Å²) >= 11 is 1.65. The molecule has 6 heteroatoms. The zero-order valence-electron chi connectivity index (χ0n) is 17.3. The lowest BCUT2D eigenvalue weighted by Crippen LogP contribution is -2.37. The highest BCUT2D eigenvalue weighted by Crippen LogP contribution is 2.36. The molecule has 1 aromatic heterocycles. The molecule has 3 heterocycles. The molecule has 0 aliphatic carbocycles. The first-order valence-corrected chi connectivity index (χ1v) is 11.2. The Bertz CT molecular complexity index is 1110. The fourth-order valence-electron chi connectivity index (χ4n) is 4.06. The molecule has 1 atom stereocenters. The van der Waals surface area contributed by atoms with E-state index < -0.39 is 0 Å². The lowest BCUT2D eigenvalue weighted by molar-refractivity contribution is 0.0903. The third kappa shape index (κ3) is 3.89. The predicted octanol–water partition coefficient (Wildman–Crippen LogP) is 5.33. The van der Waals surface area contributed by atoms with Gasteiger partial charge in [0, 0.05) is 36.7 Å². The molecule has 0 radical (unpaired) electrons. The minimum absolute atomic E-state index is 0.262. The first kappa shape index (κ1) is 19.4. The van der Waals surface area contributed by atoms with E-state index in [0.29, 0.717) is 0 Å². The largest absolute Gasteiger partial charge is 0.497 e. The number of rotatable bonds is 4. The van der Waals surface area contributed by atoms with Gasteiger partial charge in [-0.2, -0.15) is 0 Å². The first-order valence-electron chi connectivity index (χ1n) is 10.4. The monoisotopic (exact) mass is 419 g/mol. The first-order chi connectivity index (χ1) is 14.7. The van der Waals surface area contributed by atoms with E-state index in [4.69, 9.17) is 19.5 Å². The number of aliphatic imine (C=N–C) groups is 1. The standard InChI is InChI=1S/C24H25N3O2S/c1-16-6-3-7-17-12-18-14-27(15-21-10-5-11-29-21)24(30-23(18)26-22(16)17)25-19-8-4-9-20(13-19)28-2/h3-4,6-9,12-13,21H,5,10-11,14-15H2,1-2H3. The summed E-state index contributed by atoms with van der Waals surface area (Å²) in [5.74, 6) is 0.809. The Kier molecular flexibility index (Phi) is 5.35. The van der Waals surface area contributed by atoms with Crippen molar-refractivity contribution < 1.29 is 9.47 Å². The van der Waals surface area contributed by atoms with Gasteiger partial charge < -0.3 is 14.4 Å². The van der Waals surface area contributed by atoms with E-state index >= 15 is 0 Å². The summed E-state index contributed by atoms with van der Waals surface area (Å²) < 4.78 is 11.3. The van der Waals surface area contributed by atoms with Crippen LogP contribution in [-0.2, 0) is 11.3 Å². The van der Waals surface area contributed by atoms with Crippen molar-refractivity contribution >= 4 is 33.5 Å². The number of aromatic nitrogens is 1. The molecule has 0 N–H and O–H groups in total. The molecule has 2 aliphatic rings. The Balaban J connectivity index is 1.54. The SMILES string of the molecule is COc1cccc(N=C2Sc3nc4c(C)cccc4cc3CN2CC2CCCO2)c1. The van der Waals surface area contributed by atoms with E-state index in [0.717, 1.165) is 59.7 Å². The van der Waals surface area contributed by atoms with Crippen LogP contribution in [0.2, 0.25) is 0 Å². The van der Waals surface area contributed by atoms with E-state index in [-0.39, 0.29) is 6.10 Å². The Morgan fingerprint density at radius 2 is 2.13 bits per heavy atom. The van der Waals surface area contributed by atoms with E-state index in [1.54, 1.807) is 18.9 Å². The van der Waals surface area contributed by atoms with Crippen molar-refractivity contribution in [3.8, 4) is 5.75 Å². The second-order valence-electron chi connectivity index (χ2n) is 7.81. The van der Waals surface area contributed by atoms with Crippen LogP contribution in [-0.4, -0.2) is 41.4 Å². The zero-order valence-corrected chi connectivity index (χ0v) is 18.1. The molecule has 0 spiro atoms. The zero-order chi connectivity index (χ0) is 20.5. The lowest BCUT2D eigenvalue weighted by atomic mass is 10.1. The highest BCUT2D eigenvalue weighted by Gasteiger charge is 2.28. The summed E-state index contributed by atoms with van der Waals surface area (Å²) in [4.78, 5) is 12.3. The van der Waals surface area contributed by atoms with E-state index in [1.807, 2.05) is 24.3 Å². The second kappa shape index (κ2) is 8.28. The van der Waals surface area contributed by atoms with E-state index in [9.17, 15) is 0 Å². The molecule has 1 fully saturated rings. The fourth-order valence-corrected chi connectivity index (χ4v) is 5.04. The summed E-state index contributed by atoms with van der Waals surface area (Å²) in [5, 5.41) is 3.20. The maximum absolute atomic E-state index is 5.92. The Morgan fingerprint density at radius 3 is 2.97 bits per heavy atom. The Labute approximate surface area is 181 Å². The van der Waals surface area contributed by atoms with Gasteiger partial charge in [-0.1, -0.05) is 24.3 Å². The number of thioether (sulfide) groups is 1. The van der Waals surface area contributed by atoms with Gasteiger partial charge in [-0.3, -0.25) is 0 Å². The number of nitrogens with zero attached hydrogens (tertiary/aromatic N) is 3. The van der Waals surface area contributed by atoms with Gasteiger partial charge in [-0.05, 0) is 55.3 Å². The van der Waals surface area contributed by atoms with Crippen molar-refractivity contribution in [3.63, 3.8) is 0 Å². The average molecular weight is 420 g/mol. The molecule has 154 valence electrons. The number of amidine groups is 1. The summed E-state index contributed by atoms with van der Waals surface area (Å²) in [6.45, 7) is 4.61. The Hall–Kier alpha value is -2.57. The topological polar surface area (TPSA) is 47.0 Å². The lowest BCUT2D eigenvalue weighted by Gasteiger charge is -2.32. The number of hydrogen-bond donors (Lipinski definition) is 0. The number of aryl methyl sites for hydroxylation is 1.